The summed E-state index contributed by atoms with van der Waals surface area (Å²) in [6.45, 7) is 4.12. The van der Waals surface area contributed by atoms with Crippen LogP contribution in [0.15, 0.2) is 24.3 Å². The molecule has 0 radical (unpaired) electrons. The Kier molecular flexibility index (Phi) is 4.85. The summed E-state index contributed by atoms with van der Waals surface area (Å²) >= 11 is 5.82. The highest BCUT2D eigenvalue weighted by atomic mass is 35.5. The van der Waals surface area contributed by atoms with Gasteiger partial charge in [-0.15, -0.1) is 0 Å². The van der Waals surface area contributed by atoms with Gasteiger partial charge in [0.15, 0.2) is 0 Å². The number of ether oxygens (including phenoxy) is 1. The Bertz CT molecular complexity index is 530. The van der Waals surface area contributed by atoms with Gasteiger partial charge in [0.25, 0.3) is 0 Å². The molecule has 1 aromatic rings. The molecular formula is C15H19ClN2O3. The first-order valence-electron chi connectivity index (χ1n) is 6.90. The van der Waals surface area contributed by atoms with Gasteiger partial charge < -0.3 is 10.5 Å². The molecule has 0 aliphatic carbocycles. The van der Waals surface area contributed by atoms with Gasteiger partial charge in [-0.1, -0.05) is 37.6 Å². The van der Waals surface area contributed by atoms with Crippen molar-refractivity contribution in [3.63, 3.8) is 0 Å². The first-order valence-corrected chi connectivity index (χ1v) is 7.27. The normalized spacial score (nSPS) is 19.8. The van der Waals surface area contributed by atoms with Crippen molar-refractivity contribution in [2.45, 2.75) is 32.4 Å². The number of nitrogens with two attached hydrogens (primary N) is 1. The van der Waals surface area contributed by atoms with Crippen LogP contribution in [0.4, 0.5) is 4.79 Å². The predicted molar refractivity (Wildman–Crippen MR) is 80.0 cm³/mol. The second-order valence-electron chi connectivity index (χ2n) is 5.53. The lowest BCUT2D eigenvalue weighted by atomic mass is 10.0. The number of hydrogen-bond donors (Lipinski definition) is 1. The minimum Gasteiger partial charge on any atom is -0.447 e. The largest absolute Gasteiger partial charge is 0.447 e. The molecule has 1 aliphatic rings. The van der Waals surface area contributed by atoms with E-state index in [-0.39, 0.29) is 18.6 Å². The van der Waals surface area contributed by atoms with E-state index in [2.05, 4.69) is 0 Å². The van der Waals surface area contributed by atoms with Crippen LogP contribution in [0.25, 0.3) is 0 Å². The van der Waals surface area contributed by atoms with Crippen molar-refractivity contribution in [2.75, 3.05) is 6.61 Å². The molecule has 2 atom stereocenters. The van der Waals surface area contributed by atoms with E-state index < -0.39 is 18.0 Å². The van der Waals surface area contributed by atoms with Gasteiger partial charge >= 0.3 is 6.09 Å². The van der Waals surface area contributed by atoms with Crippen LogP contribution in [-0.4, -0.2) is 35.6 Å². The van der Waals surface area contributed by atoms with E-state index in [0.717, 1.165) is 10.5 Å². The van der Waals surface area contributed by atoms with Crippen molar-refractivity contribution < 1.29 is 14.3 Å². The van der Waals surface area contributed by atoms with Gasteiger partial charge in [0.2, 0.25) is 5.91 Å². The molecule has 21 heavy (non-hydrogen) atoms. The minimum atomic E-state index is -0.780. The first kappa shape index (κ1) is 15.8. The third kappa shape index (κ3) is 3.54. The number of cyclic esters (lactones) is 1. The highest BCUT2D eigenvalue weighted by Gasteiger charge is 2.41. The molecule has 2 rings (SSSR count). The third-order valence-electron chi connectivity index (χ3n) is 3.60. The molecule has 0 unspecified atom stereocenters. The Morgan fingerprint density at radius 1 is 1.43 bits per heavy atom. The van der Waals surface area contributed by atoms with Gasteiger partial charge in [0.05, 0.1) is 12.1 Å². The molecule has 1 aliphatic heterocycles. The van der Waals surface area contributed by atoms with E-state index in [0.29, 0.717) is 11.4 Å². The molecule has 0 saturated carbocycles. The Morgan fingerprint density at radius 3 is 2.62 bits per heavy atom. The van der Waals surface area contributed by atoms with Crippen LogP contribution in [0.3, 0.4) is 0 Å². The highest BCUT2D eigenvalue weighted by molar-refractivity contribution is 6.30. The van der Waals surface area contributed by atoms with Gasteiger partial charge in [-0.2, -0.15) is 0 Å². The van der Waals surface area contributed by atoms with Gasteiger partial charge in [-0.25, -0.2) is 9.69 Å². The van der Waals surface area contributed by atoms with E-state index in [1.165, 1.54) is 0 Å². The fraction of sp³-hybridized carbons (Fsp3) is 0.467. The Balaban J connectivity index is 2.07. The molecular weight excluding hydrogens is 292 g/mol. The lowest BCUT2D eigenvalue weighted by molar-refractivity contribution is -0.131. The van der Waals surface area contributed by atoms with Crippen LogP contribution in [0.1, 0.15) is 19.4 Å². The second-order valence-corrected chi connectivity index (χ2v) is 5.97. The van der Waals surface area contributed by atoms with Crippen molar-refractivity contribution >= 4 is 23.6 Å². The molecule has 6 heteroatoms. The number of benzene rings is 1. The maximum Gasteiger partial charge on any atom is 0.417 e. The molecule has 0 spiro atoms. The molecule has 114 valence electrons. The second kappa shape index (κ2) is 6.45. The average molecular weight is 311 g/mol. The number of imide groups is 1. The van der Waals surface area contributed by atoms with Crippen LogP contribution in [0.2, 0.25) is 5.02 Å². The summed E-state index contributed by atoms with van der Waals surface area (Å²) in [7, 11) is 0. The molecule has 2 N–H and O–H groups in total. The smallest absolute Gasteiger partial charge is 0.417 e. The molecule has 0 aromatic heterocycles. The minimum absolute atomic E-state index is 0.128. The quantitative estimate of drug-likeness (QED) is 0.925. The summed E-state index contributed by atoms with van der Waals surface area (Å²) < 4.78 is 4.97. The molecule has 1 heterocycles. The predicted octanol–water partition coefficient (Wildman–Crippen LogP) is 2.21. The number of hydrogen-bond acceptors (Lipinski definition) is 4. The average Bonchev–Trinajstić information content (AvgIpc) is 2.82. The van der Waals surface area contributed by atoms with E-state index in [1.54, 1.807) is 12.1 Å². The summed E-state index contributed by atoms with van der Waals surface area (Å²) in [4.78, 5) is 25.3. The Morgan fingerprint density at radius 2 is 2.05 bits per heavy atom. The summed E-state index contributed by atoms with van der Waals surface area (Å²) in [5.74, 6) is -0.269. The lowest BCUT2D eigenvalue weighted by Gasteiger charge is -2.25. The van der Waals surface area contributed by atoms with Crippen molar-refractivity contribution in [1.82, 2.24) is 4.90 Å². The third-order valence-corrected chi connectivity index (χ3v) is 3.85. The van der Waals surface area contributed by atoms with Gasteiger partial charge in [0.1, 0.15) is 6.61 Å². The zero-order chi connectivity index (χ0) is 15.6. The number of rotatable bonds is 4. The maximum atomic E-state index is 12.4. The lowest BCUT2D eigenvalue weighted by Crippen LogP contribution is -2.50. The van der Waals surface area contributed by atoms with Gasteiger partial charge in [0, 0.05) is 5.02 Å². The topological polar surface area (TPSA) is 72.6 Å². The number of amides is 2. The monoisotopic (exact) mass is 310 g/mol. The van der Waals surface area contributed by atoms with Gasteiger partial charge in [-0.05, 0) is 30.0 Å². The molecule has 1 aromatic carbocycles. The van der Waals surface area contributed by atoms with Crippen LogP contribution < -0.4 is 5.73 Å². The fourth-order valence-electron chi connectivity index (χ4n) is 2.32. The number of halogens is 1. The van der Waals surface area contributed by atoms with E-state index in [4.69, 9.17) is 22.1 Å². The van der Waals surface area contributed by atoms with E-state index >= 15 is 0 Å². The summed E-state index contributed by atoms with van der Waals surface area (Å²) in [6.07, 6.45) is -0.254. The van der Waals surface area contributed by atoms with E-state index in [9.17, 15) is 9.59 Å². The number of carbonyl (C=O) groups excluding carboxylic acids is 2. The molecule has 5 nitrogen and oxygen atoms in total. The summed E-state index contributed by atoms with van der Waals surface area (Å²) in [6, 6.07) is 6.10. The van der Waals surface area contributed by atoms with Crippen LogP contribution in [0, 0.1) is 5.92 Å². The van der Waals surface area contributed by atoms with Crippen molar-refractivity contribution in [3.05, 3.63) is 34.9 Å². The molecule has 0 bridgehead atoms. The van der Waals surface area contributed by atoms with Crippen molar-refractivity contribution in [3.8, 4) is 0 Å². The SMILES string of the molecule is CC(C)[C@@H]1COC(=O)N1C(=O)[C@H](N)Cc1ccc(Cl)cc1. The maximum absolute atomic E-state index is 12.4. The van der Waals surface area contributed by atoms with Crippen molar-refractivity contribution in [2.24, 2.45) is 11.7 Å². The van der Waals surface area contributed by atoms with Gasteiger partial charge in [-0.3, -0.25) is 4.79 Å². The Hall–Kier alpha value is -1.59. The zero-order valence-electron chi connectivity index (χ0n) is 12.1. The highest BCUT2D eigenvalue weighted by Crippen LogP contribution is 2.21. The van der Waals surface area contributed by atoms with Crippen molar-refractivity contribution in [1.29, 1.82) is 0 Å². The Labute approximate surface area is 129 Å². The molecule has 2 amide bonds. The number of carbonyl (C=O) groups is 2. The summed E-state index contributed by atoms with van der Waals surface area (Å²) in [5.41, 5.74) is 6.86. The van der Waals surface area contributed by atoms with E-state index in [1.807, 2.05) is 26.0 Å². The standard InChI is InChI=1S/C15H19ClN2O3/c1-9(2)13-8-21-15(20)18(13)14(19)12(17)7-10-3-5-11(16)6-4-10/h3-6,9,12-13H,7-8,17H2,1-2H3/t12-,13+/m1/s1. The van der Waals surface area contributed by atoms with Crippen LogP contribution in [0.5, 0.6) is 0 Å². The fourth-order valence-corrected chi connectivity index (χ4v) is 2.45. The zero-order valence-corrected chi connectivity index (χ0v) is 12.8. The number of nitrogens with zero attached hydrogens (tertiary/aromatic N) is 1. The van der Waals surface area contributed by atoms with Crippen LogP contribution in [-0.2, 0) is 16.0 Å². The first-order chi connectivity index (χ1) is 9.90. The molecule has 1 fully saturated rings. The van der Waals surface area contributed by atoms with Crippen LogP contribution >= 0.6 is 11.6 Å². The molecule has 1 saturated heterocycles. The summed E-state index contributed by atoms with van der Waals surface area (Å²) in [5, 5.41) is 0.627.